The first-order chi connectivity index (χ1) is 10.3. The summed E-state index contributed by atoms with van der Waals surface area (Å²) in [7, 11) is 0. The Morgan fingerprint density at radius 2 is 2.00 bits per heavy atom. The summed E-state index contributed by atoms with van der Waals surface area (Å²) >= 11 is 1.63. The predicted molar refractivity (Wildman–Crippen MR) is 86.5 cm³/mol. The van der Waals surface area contributed by atoms with Crippen LogP contribution in [-0.4, -0.2) is 9.97 Å². The van der Waals surface area contributed by atoms with Gasteiger partial charge in [-0.05, 0) is 42.9 Å². The van der Waals surface area contributed by atoms with E-state index in [1.165, 1.54) is 35.0 Å². The monoisotopic (exact) mass is 295 g/mol. The summed E-state index contributed by atoms with van der Waals surface area (Å²) in [5.74, 6) is 0. The molecule has 0 radical (unpaired) electrons. The lowest BCUT2D eigenvalue weighted by atomic mass is 9.87. The fourth-order valence-electron chi connectivity index (χ4n) is 3.28. The largest absolute Gasteiger partial charge is 0.318 e. The minimum Gasteiger partial charge on any atom is -0.318 e. The molecule has 0 saturated heterocycles. The average molecular weight is 295 g/mol. The molecule has 0 fully saturated rings. The van der Waals surface area contributed by atoms with Crippen LogP contribution in [0.4, 0.5) is 0 Å². The Kier molecular flexibility index (Phi) is 3.20. The third-order valence-electron chi connectivity index (χ3n) is 4.24. The SMILES string of the molecule is NC(c1nccs1)c1c2c(nc3ccccc13)CCCC2. The Hall–Kier alpha value is -1.78. The number of nitrogens with zero attached hydrogens (tertiary/aromatic N) is 2. The Morgan fingerprint density at radius 3 is 2.86 bits per heavy atom. The first kappa shape index (κ1) is 12.9. The fourth-order valence-corrected chi connectivity index (χ4v) is 3.92. The molecule has 3 nitrogen and oxygen atoms in total. The number of aromatic nitrogens is 2. The summed E-state index contributed by atoms with van der Waals surface area (Å²) in [6.07, 6.45) is 6.43. The van der Waals surface area contributed by atoms with E-state index in [1.807, 2.05) is 17.6 Å². The van der Waals surface area contributed by atoms with Crippen LogP contribution in [0.3, 0.4) is 0 Å². The smallest absolute Gasteiger partial charge is 0.114 e. The van der Waals surface area contributed by atoms with Crippen LogP contribution in [0.2, 0.25) is 0 Å². The highest BCUT2D eigenvalue weighted by atomic mass is 32.1. The number of fused-ring (bicyclic) bond motifs is 2. The zero-order chi connectivity index (χ0) is 14.2. The molecule has 0 spiro atoms. The topological polar surface area (TPSA) is 51.8 Å². The molecule has 0 amide bonds. The lowest BCUT2D eigenvalue weighted by Crippen LogP contribution is -2.18. The quantitative estimate of drug-likeness (QED) is 0.785. The third kappa shape index (κ3) is 2.15. The maximum Gasteiger partial charge on any atom is 0.114 e. The van der Waals surface area contributed by atoms with Crippen molar-refractivity contribution in [3.05, 3.63) is 57.7 Å². The molecule has 2 heterocycles. The summed E-state index contributed by atoms with van der Waals surface area (Å²) in [6.45, 7) is 0. The Morgan fingerprint density at radius 1 is 1.14 bits per heavy atom. The van der Waals surface area contributed by atoms with Crippen LogP contribution in [-0.2, 0) is 12.8 Å². The number of hydrogen-bond donors (Lipinski definition) is 1. The number of hydrogen-bond acceptors (Lipinski definition) is 4. The molecular formula is C17H17N3S. The molecule has 0 saturated carbocycles. The summed E-state index contributed by atoms with van der Waals surface area (Å²) in [6, 6.07) is 8.19. The summed E-state index contributed by atoms with van der Waals surface area (Å²) < 4.78 is 0. The van der Waals surface area contributed by atoms with Gasteiger partial charge in [0.2, 0.25) is 0 Å². The molecule has 4 heteroatoms. The molecule has 1 aromatic carbocycles. The van der Waals surface area contributed by atoms with Crippen molar-refractivity contribution in [2.45, 2.75) is 31.7 Å². The molecule has 0 bridgehead atoms. The maximum absolute atomic E-state index is 6.57. The number of pyridine rings is 1. The van der Waals surface area contributed by atoms with Crippen molar-refractivity contribution in [1.29, 1.82) is 0 Å². The molecule has 4 rings (SSSR count). The van der Waals surface area contributed by atoms with Crippen LogP contribution in [0.15, 0.2) is 35.8 Å². The van der Waals surface area contributed by atoms with Crippen LogP contribution >= 0.6 is 11.3 Å². The number of rotatable bonds is 2. The average Bonchev–Trinajstić information content (AvgIpc) is 3.06. The van der Waals surface area contributed by atoms with E-state index in [1.54, 1.807) is 11.3 Å². The lowest BCUT2D eigenvalue weighted by molar-refractivity contribution is 0.658. The standard InChI is InChI=1S/C17H17N3S/c18-16(17-19-9-10-21-17)15-11-5-1-3-7-13(11)20-14-8-4-2-6-12(14)15/h1,3,5,7,9-10,16H,2,4,6,8,18H2. The molecule has 0 aliphatic heterocycles. The van der Waals surface area contributed by atoms with E-state index in [4.69, 9.17) is 10.7 Å². The third-order valence-corrected chi connectivity index (χ3v) is 5.10. The highest BCUT2D eigenvalue weighted by molar-refractivity contribution is 7.09. The molecular weight excluding hydrogens is 278 g/mol. The molecule has 1 unspecified atom stereocenters. The molecule has 1 atom stereocenters. The van der Waals surface area contributed by atoms with Gasteiger partial charge in [-0.25, -0.2) is 4.98 Å². The Bertz CT molecular complexity index is 780. The molecule has 1 aliphatic carbocycles. The van der Waals surface area contributed by atoms with Crippen LogP contribution in [0.1, 0.15) is 40.7 Å². The molecule has 21 heavy (non-hydrogen) atoms. The van der Waals surface area contributed by atoms with E-state index in [0.717, 1.165) is 23.4 Å². The van der Waals surface area contributed by atoms with Crippen molar-refractivity contribution < 1.29 is 0 Å². The zero-order valence-corrected chi connectivity index (χ0v) is 12.6. The van der Waals surface area contributed by atoms with Gasteiger partial charge in [-0.3, -0.25) is 4.98 Å². The van der Waals surface area contributed by atoms with Crippen LogP contribution in [0.5, 0.6) is 0 Å². The van der Waals surface area contributed by atoms with Gasteiger partial charge in [0.1, 0.15) is 5.01 Å². The minimum atomic E-state index is -0.148. The molecule has 1 aliphatic rings. The van der Waals surface area contributed by atoms with Crippen molar-refractivity contribution in [2.75, 3.05) is 0 Å². The molecule has 3 aromatic rings. The Labute approximate surface area is 127 Å². The number of para-hydroxylation sites is 1. The van der Waals surface area contributed by atoms with Gasteiger partial charge in [-0.15, -0.1) is 11.3 Å². The van der Waals surface area contributed by atoms with Gasteiger partial charge in [0.25, 0.3) is 0 Å². The second kappa shape index (κ2) is 5.20. The number of nitrogens with two attached hydrogens (primary N) is 1. The van der Waals surface area contributed by atoms with E-state index in [-0.39, 0.29) is 6.04 Å². The zero-order valence-electron chi connectivity index (χ0n) is 11.7. The van der Waals surface area contributed by atoms with Gasteiger partial charge < -0.3 is 5.73 Å². The van der Waals surface area contributed by atoms with Crippen molar-refractivity contribution in [3.63, 3.8) is 0 Å². The van der Waals surface area contributed by atoms with E-state index >= 15 is 0 Å². The Balaban J connectivity index is 2.00. The maximum atomic E-state index is 6.57. The lowest BCUT2D eigenvalue weighted by Gasteiger charge is -2.23. The highest BCUT2D eigenvalue weighted by Crippen LogP contribution is 2.35. The fraction of sp³-hybridized carbons (Fsp3) is 0.294. The summed E-state index contributed by atoms with van der Waals surface area (Å²) in [5.41, 5.74) is 11.5. The number of benzene rings is 1. The highest BCUT2D eigenvalue weighted by Gasteiger charge is 2.23. The van der Waals surface area contributed by atoms with E-state index in [9.17, 15) is 0 Å². The van der Waals surface area contributed by atoms with Gasteiger partial charge in [0.15, 0.2) is 0 Å². The number of thiazole rings is 1. The van der Waals surface area contributed by atoms with Crippen molar-refractivity contribution in [2.24, 2.45) is 5.73 Å². The van der Waals surface area contributed by atoms with Crippen LogP contribution in [0.25, 0.3) is 10.9 Å². The van der Waals surface area contributed by atoms with Gasteiger partial charge in [0, 0.05) is 22.7 Å². The molecule has 2 N–H and O–H groups in total. The predicted octanol–water partition coefficient (Wildman–Crippen LogP) is 3.62. The summed E-state index contributed by atoms with van der Waals surface area (Å²) in [4.78, 5) is 9.29. The number of aryl methyl sites for hydroxylation is 1. The van der Waals surface area contributed by atoms with Crippen LogP contribution < -0.4 is 5.73 Å². The van der Waals surface area contributed by atoms with Crippen LogP contribution in [0, 0.1) is 0 Å². The van der Waals surface area contributed by atoms with Crippen molar-refractivity contribution in [3.8, 4) is 0 Å². The van der Waals surface area contributed by atoms with Gasteiger partial charge >= 0.3 is 0 Å². The minimum absolute atomic E-state index is 0.148. The normalized spacial score (nSPS) is 15.9. The van der Waals surface area contributed by atoms with E-state index in [2.05, 4.69) is 23.2 Å². The van der Waals surface area contributed by atoms with Gasteiger partial charge in [-0.2, -0.15) is 0 Å². The van der Waals surface area contributed by atoms with E-state index < -0.39 is 0 Å². The van der Waals surface area contributed by atoms with E-state index in [0.29, 0.717) is 0 Å². The first-order valence-electron chi connectivity index (χ1n) is 7.40. The van der Waals surface area contributed by atoms with Crippen molar-refractivity contribution in [1.82, 2.24) is 9.97 Å². The van der Waals surface area contributed by atoms with Gasteiger partial charge in [0.05, 0.1) is 11.6 Å². The molecule has 106 valence electrons. The van der Waals surface area contributed by atoms with Gasteiger partial charge in [-0.1, -0.05) is 18.2 Å². The second-order valence-corrected chi connectivity index (χ2v) is 6.45. The van der Waals surface area contributed by atoms with Crippen molar-refractivity contribution >= 4 is 22.2 Å². The summed E-state index contributed by atoms with van der Waals surface area (Å²) in [5, 5.41) is 4.16. The molecule has 2 aromatic heterocycles. The first-order valence-corrected chi connectivity index (χ1v) is 8.28. The second-order valence-electron chi connectivity index (χ2n) is 5.52.